The zero-order chi connectivity index (χ0) is 21.7. The van der Waals surface area contributed by atoms with Gasteiger partial charge in [-0.1, -0.05) is 12.1 Å². The van der Waals surface area contributed by atoms with Crippen molar-refractivity contribution in [1.29, 1.82) is 0 Å². The monoisotopic (exact) mass is 418 g/mol. The summed E-state index contributed by atoms with van der Waals surface area (Å²) in [7, 11) is 0. The van der Waals surface area contributed by atoms with Crippen molar-refractivity contribution in [2.45, 2.75) is 26.4 Å². The molecular formula is C21H30N4O5. The van der Waals surface area contributed by atoms with E-state index in [1.807, 2.05) is 20.8 Å². The van der Waals surface area contributed by atoms with Gasteiger partial charge in [-0.2, -0.15) is 0 Å². The fraction of sp³-hybridized carbons (Fsp3) is 0.571. The van der Waals surface area contributed by atoms with E-state index in [4.69, 9.17) is 9.47 Å². The van der Waals surface area contributed by atoms with Gasteiger partial charge in [0.15, 0.2) is 0 Å². The van der Waals surface area contributed by atoms with Crippen molar-refractivity contribution in [2.24, 2.45) is 0 Å². The molecule has 0 atom stereocenters. The normalized spacial score (nSPS) is 17.5. The van der Waals surface area contributed by atoms with Crippen LogP contribution in [0.2, 0.25) is 0 Å². The molecule has 3 rings (SSSR count). The highest BCUT2D eigenvalue weighted by Crippen LogP contribution is 2.19. The zero-order valence-electron chi connectivity index (χ0n) is 17.8. The van der Waals surface area contributed by atoms with Crippen molar-refractivity contribution in [1.82, 2.24) is 14.7 Å². The number of nitrogens with zero attached hydrogens (tertiary/aromatic N) is 3. The fourth-order valence-corrected chi connectivity index (χ4v) is 3.33. The smallest absolute Gasteiger partial charge is 0.410 e. The summed E-state index contributed by atoms with van der Waals surface area (Å²) < 4.78 is 10.7. The van der Waals surface area contributed by atoms with E-state index in [1.54, 1.807) is 39.0 Å². The SMILES string of the molecule is CC(C)(C)OC(=O)N1CCN(C(=O)Nc2ccccc2C(=O)N2CCOCC2)CC1. The van der Waals surface area contributed by atoms with Gasteiger partial charge in [-0.05, 0) is 32.9 Å². The quantitative estimate of drug-likeness (QED) is 0.795. The van der Waals surface area contributed by atoms with Gasteiger partial charge in [-0.3, -0.25) is 4.79 Å². The van der Waals surface area contributed by atoms with Gasteiger partial charge in [0, 0.05) is 39.3 Å². The third-order valence-electron chi connectivity index (χ3n) is 4.92. The lowest BCUT2D eigenvalue weighted by Crippen LogP contribution is -2.52. The number of piperazine rings is 1. The summed E-state index contributed by atoms with van der Waals surface area (Å²) in [6.45, 7) is 9.16. The molecule has 9 heteroatoms. The molecule has 0 radical (unpaired) electrons. The molecule has 0 spiro atoms. The lowest BCUT2D eigenvalue weighted by molar-refractivity contribution is 0.0173. The summed E-state index contributed by atoms with van der Waals surface area (Å²) >= 11 is 0. The Kier molecular flexibility index (Phi) is 6.81. The highest BCUT2D eigenvalue weighted by Gasteiger charge is 2.28. The van der Waals surface area contributed by atoms with Gasteiger partial charge >= 0.3 is 12.1 Å². The van der Waals surface area contributed by atoms with Crippen LogP contribution < -0.4 is 5.32 Å². The Morgan fingerprint density at radius 1 is 0.900 bits per heavy atom. The molecule has 2 aliphatic rings. The molecule has 0 bridgehead atoms. The van der Waals surface area contributed by atoms with Crippen molar-refractivity contribution in [2.75, 3.05) is 57.8 Å². The van der Waals surface area contributed by atoms with E-state index in [2.05, 4.69) is 5.32 Å². The van der Waals surface area contributed by atoms with Crippen LogP contribution in [0, 0.1) is 0 Å². The number of hydrogen-bond donors (Lipinski definition) is 1. The maximum atomic E-state index is 12.9. The summed E-state index contributed by atoms with van der Waals surface area (Å²) in [6.07, 6.45) is -0.371. The molecule has 4 amide bonds. The summed E-state index contributed by atoms with van der Waals surface area (Å²) in [5.74, 6) is -0.121. The average molecular weight is 418 g/mol. The number of carbonyl (C=O) groups excluding carboxylic acids is 3. The maximum Gasteiger partial charge on any atom is 0.410 e. The van der Waals surface area contributed by atoms with Crippen molar-refractivity contribution < 1.29 is 23.9 Å². The van der Waals surface area contributed by atoms with Crippen LogP contribution in [0.5, 0.6) is 0 Å². The van der Waals surface area contributed by atoms with Crippen molar-refractivity contribution >= 4 is 23.7 Å². The number of benzene rings is 1. The van der Waals surface area contributed by atoms with Crippen molar-refractivity contribution in [3.05, 3.63) is 29.8 Å². The van der Waals surface area contributed by atoms with Crippen LogP contribution in [-0.2, 0) is 9.47 Å². The van der Waals surface area contributed by atoms with Gasteiger partial charge in [0.05, 0.1) is 24.5 Å². The van der Waals surface area contributed by atoms with Crippen LogP contribution in [0.15, 0.2) is 24.3 Å². The molecule has 1 aromatic rings. The average Bonchev–Trinajstić information content (AvgIpc) is 2.73. The maximum absolute atomic E-state index is 12.9. The molecule has 0 aromatic heterocycles. The van der Waals surface area contributed by atoms with Gasteiger partial charge in [0.25, 0.3) is 5.91 Å². The minimum atomic E-state index is -0.553. The van der Waals surface area contributed by atoms with Gasteiger partial charge in [-0.15, -0.1) is 0 Å². The fourth-order valence-electron chi connectivity index (χ4n) is 3.33. The van der Waals surface area contributed by atoms with Crippen molar-refractivity contribution in [3.63, 3.8) is 0 Å². The molecule has 2 saturated heterocycles. The van der Waals surface area contributed by atoms with Crippen LogP contribution in [0.25, 0.3) is 0 Å². The number of morpholine rings is 1. The van der Waals surface area contributed by atoms with E-state index in [9.17, 15) is 14.4 Å². The third-order valence-corrected chi connectivity index (χ3v) is 4.92. The van der Waals surface area contributed by atoms with Crippen molar-refractivity contribution in [3.8, 4) is 0 Å². The second-order valence-corrected chi connectivity index (χ2v) is 8.33. The van der Waals surface area contributed by atoms with Crippen LogP contribution in [0.1, 0.15) is 31.1 Å². The summed E-state index contributed by atoms with van der Waals surface area (Å²) in [6, 6.07) is 6.71. The minimum absolute atomic E-state index is 0.121. The van der Waals surface area contributed by atoms with Gasteiger partial charge in [-0.25, -0.2) is 9.59 Å². The van der Waals surface area contributed by atoms with Crippen LogP contribution in [0.3, 0.4) is 0 Å². The number of carbonyl (C=O) groups is 3. The molecule has 0 saturated carbocycles. The van der Waals surface area contributed by atoms with E-state index in [-0.39, 0.29) is 18.0 Å². The van der Waals surface area contributed by atoms with Crippen LogP contribution >= 0.6 is 0 Å². The second-order valence-electron chi connectivity index (χ2n) is 8.33. The molecule has 164 valence electrons. The predicted molar refractivity (Wildman–Crippen MR) is 112 cm³/mol. The van der Waals surface area contributed by atoms with Gasteiger partial charge < -0.3 is 29.5 Å². The molecule has 1 N–H and O–H groups in total. The topological polar surface area (TPSA) is 91.4 Å². The van der Waals surface area contributed by atoms with E-state index in [0.29, 0.717) is 63.7 Å². The number of anilines is 1. The lowest BCUT2D eigenvalue weighted by atomic mass is 10.1. The number of urea groups is 1. The second kappa shape index (κ2) is 9.34. The number of nitrogens with one attached hydrogen (secondary N) is 1. The van der Waals surface area contributed by atoms with Crippen LogP contribution in [0.4, 0.5) is 15.3 Å². The first kappa shape index (κ1) is 21.9. The molecule has 0 aliphatic carbocycles. The van der Waals surface area contributed by atoms with Gasteiger partial charge in [0.1, 0.15) is 5.60 Å². The largest absolute Gasteiger partial charge is 0.444 e. The Labute approximate surface area is 176 Å². The minimum Gasteiger partial charge on any atom is -0.444 e. The number of ether oxygens (including phenoxy) is 2. The molecule has 2 aliphatic heterocycles. The first-order valence-corrected chi connectivity index (χ1v) is 10.2. The number of hydrogen-bond acceptors (Lipinski definition) is 5. The van der Waals surface area contributed by atoms with E-state index in [0.717, 1.165) is 0 Å². The first-order valence-electron chi connectivity index (χ1n) is 10.2. The molecule has 30 heavy (non-hydrogen) atoms. The zero-order valence-corrected chi connectivity index (χ0v) is 17.8. The third kappa shape index (κ3) is 5.63. The van der Waals surface area contributed by atoms with Gasteiger partial charge in [0.2, 0.25) is 0 Å². The Morgan fingerprint density at radius 2 is 1.50 bits per heavy atom. The first-order chi connectivity index (χ1) is 14.2. The highest BCUT2D eigenvalue weighted by molar-refractivity contribution is 6.03. The predicted octanol–water partition coefficient (Wildman–Crippen LogP) is 2.24. The lowest BCUT2D eigenvalue weighted by Gasteiger charge is -2.35. The Hall–Kier alpha value is -2.81. The Morgan fingerprint density at radius 3 is 2.13 bits per heavy atom. The Balaban J connectivity index is 1.58. The number of amides is 4. The van der Waals surface area contributed by atoms with E-state index < -0.39 is 5.60 Å². The summed E-state index contributed by atoms with van der Waals surface area (Å²) in [5.41, 5.74) is 0.385. The van der Waals surface area contributed by atoms with E-state index >= 15 is 0 Å². The molecule has 9 nitrogen and oxygen atoms in total. The van der Waals surface area contributed by atoms with E-state index in [1.165, 1.54) is 0 Å². The standard InChI is InChI=1S/C21H30N4O5/c1-21(2,3)30-20(28)25-10-8-24(9-11-25)19(27)22-17-7-5-4-6-16(17)18(26)23-12-14-29-15-13-23/h4-7H,8-15H2,1-3H3,(H,22,27). The summed E-state index contributed by atoms with van der Waals surface area (Å²) in [5, 5.41) is 2.86. The highest BCUT2D eigenvalue weighted by atomic mass is 16.6. The summed E-state index contributed by atoms with van der Waals surface area (Å²) in [4.78, 5) is 42.8. The molecule has 2 heterocycles. The number of para-hydroxylation sites is 1. The molecule has 1 aromatic carbocycles. The molecule has 2 fully saturated rings. The molecular weight excluding hydrogens is 388 g/mol. The van der Waals surface area contributed by atoms with Crippen LogP contribution in [-0.4, -0.2) is 90.8 Å². The number of rotatable bonds is 2. The molecule has 0 unspecified atom stereocenters. The Bertz CT molecular complexity index is 778.